The molecule has 2 aromatic heterocycles. The van der Waals surface area contributed by atoms with Gasteiger partial charge in [0.15, 0.2) is 0 Å². The third kappa shape index (κ3) is 13.4. The zero-order valence-electron chi connectivity index (χ0n) is 23.4. The van der Waals surface area contributed by atoms with Crippen LogP contribution in [0.4, 0.5) is 0 Å². The van der Waals surface area contributed by atoms with Crippen molar-refractivity contribution in [2.75, 3.05) is 0 Å². The van der Waals surface area contributed by atoms with Gasteiger partial charge >= 0.3 is 0 Å². The average Bonchev–Trinajstić information content (AvgIpc) is 2.88. The van der Waals surface area contributed by atoms with Crippen molar-refractivity contribution in [3.63, 3.8) is 0 Å². The summed E-state index contributed by atoms with van der Waals surface area (Å²) in [7, 11) is -0.377. The van der Waals surface area contributed by atoms with Crippen molar-refractivity contribution in [1.29, 1.82) is 0 Å². The molecule has 196 valence electrons. The zero-order valence-corrected chi connectivity index (χ0v) is 24.8. The molecule has 0 radical (unpaired) electrons. The van der Waals surface area contributed by atoms with Crippen LogP contribution in [0.3, 0.4) is 0 Å². The molecule has 35 heavy (non-hydrogen) atoms. The van der Waals surface area contributed by atoms with Crippen LogP contribution >= 0.6 is 0 Å². The van der Waals surface area contributed by atoms with Crippen LogP contribution < -0.4 is 5.32 Å². The van der Waals surface area contributed by atoms with E-state index in [1.54, 1.807) is 0 Å². The lowest BCUT2D eigenvalue weighted by Crippen LogP contribution is -2.21. The number of pyridine rings is 1. The van der Waals surface area contributed by atoms with Crippen LogP contribution in [0, 0.1) is 11.8 Å². The highest BCUT2D eigenvalue weighted by Gasteiger charge is 2.08. The van der Waals surface area contributed by atoms with Crippen molar-refractivity contribution in [3.05, 3.63) is 36.3 Å². The highest BCUT2D eigenvalue weighted by atomic mass is 28.2. The first-order valence-corrected chi connectivity index (χ1v) is 16.6. The van der Waals surface area contributed by atoms with E-state index in [0.29, 0.717) is 0 Å². The van der Waals surface area contributed by atoms with Gasteiger partial charge in [0, 0.05) is 17.7 Å². The lowest BCUT2D eigenvalue weighted by Gasteiger charge is -2.13. The van der Waals surface area contributed by atoms with Gasteiger partial charge in [-0.05, 0) is 36.3 Å². The summed E-state index contributed by atoms with van der Waals surface area (Å²) in [6.07, 6.45) is 26.2. The molecule has 3 nitrogen and oxygen atoms in total. The molecule has 0 amide bonds. The monoisotopic (exact) mass is 495 g/mol. The maximum absolute atomic E-state index is 4.94. The number of rotatable bonds is 20. The van der Waals surface area contributed by atoms with E-state index in [2.05, 4.69) is 44.8 Å². The van der Waals surface area contributed by atoms with Gasteiger partial charge in [-0.15, -0.1) is 0 Å². The fourth-order valence-corrected chi connectivity index (χ4v) is 6.49. The molecule has 0 aliphatic rings. The maximum atomic E-state index is 4.94. The highest BCUT2D eigenvalue weighted by molar-refractivity contribution is 6.52. The molecular weight excluding hydrogens is 442 g/mol. The molecule has 2 heterocycles. The second kappa shape index (κ2) is 18.7. The van der Waals surface area contributed by atoms with Gasteiger partial charge in [-0.2, -0.15) is 0 Å². The minimum atomic E-state index is -0.377. The largest absolute Gasteiger partial charge is 0.261 e. The Kier molecular flexibility index (Phi) is 15.8. The summed E-state index contributed by atoms with van der Waals surface area (Å²) in [6, 6.07) is 5.68. The molecule has 0 N–H and O–H groups in total. The van der Waals surface area contributed by atoms with Crippen molar-refractivity contribution in [3.8, 4) is 11.4 Å². The Hall–Kier alpha value is -1.55. The van der Waals surface area contributed by atoms with Crippen LogP contribution in [-0.2, 0) is 6.42 Å². The first-order valence-electron chi connectivity index (χ1n) is 14.9. The van der Waals surface area contributed by atoms with E-state index in [1.165, 1.54) is 107 Å². The Morgan fingerprint density at radius 3 is 2.06 bits per heavy atom. The van der Waals surface area contributed by atoms with Gasteiger partial charge in [0.1, 0.15) is 5.69 Å². The van der Waals surface area contributed by atoms with Crippen LogP contribution in [0.2, 0.25) is 6.04 Å². The summed E-state index contributed by atoms with van der Waals surface area (Å²) in [6.45, 7) is 9.44. The predicted octanol–water partition coefficient (Wildman–Crippen LogP) is 8.07. The molecular formula is C31H53N3Si. The Balaban J connectivity index is 1.66. The lowest BCUT2D eigenvalue weighted by molar-refractivity contribution is 0.430. The maximum Gasteiger partial charge on any atom is 0.107 e. The van der Waals surface area contributed by atoms with Crippen LogP contribution in [0.5, 0.6) is 0 Å². The molecule has 0 saturated carbocycles. The smallest absolute Gasteiger partial charge is 0.107 e. The highest BCUT2D eigenvalue weighted by Crippen LogP contribution is 2.19. The zero-order chi connectivity index (χ0) is 25.1. The molecule has 0 aliphatic carbocycles. The molecule has 2 rings (SSSR count). The van der Waals surface area contributed by atoms with Crippen molar-refractivity contribution >= 4 is 14.8 Å². The molecule has 2 aromatic rings. The molecule has 0 saturated heterocycles. The molecule has 0 aliphatic heterocycles. The van der Waals surface area contributed by atoms with Crippen LogP contribution in [0.1, 0.15) is 123 Å². The number of aryl methyl sites for hydroxylation is 1. The van der Waals surface area contributed by atoms with E-state index in [1.807, 2.05) is 18.6 Å². The molecule has 0 bridgehead atoms. The molecule has 2 unspecified atom stereocenters. The van der Waals surface area contributed by atoms with Crippen molar-refractivity contribution < 1.29 is 0 Å². The minimum absolute atomic E-state index is 0.377. The Labute approximate surface area is 219 Å². The van der Waals surface area contributed by atoms with E-state index < -0.39 is 0 Å². The Morgan fingerprint density at radius 1 is 0.686 bits per heavy atom. The number of hydrogen-bond donors (Lipinski definition) is 0. The normalized spacial score (nSPS) is 13.5. The van der Waals surface area contributed by atoms with E-state index in [9.17, 15) is 0 Å². The standard InChI is InChI=1S/C31H53N3Si/c1-5-7-9-10-15-19-28-20-21-29(33-22-28)30-23-32-24-31(34-30)35-25-27(4)18-14-11-13-17-26(3)16-12-8-6-2/h20-24,26-27H,5-19,25,35H2,1-4H3. The fraction of sp³-hybridized carbons (Fsp3) is 0.710. The predicted molar refractivity (Wildman–Crippen MR) is 156 cm³/mol. The van der Waals surface area contributed by atoms with E-state index >= 15 is 0 Å². The number of nitrogens with zero attached hydrogens (tertiary/aromatic N) is 3. The molecule has 0 spiro atoms. The Bertz CT molecular complexity index is 777. The third-order valence-corrected chi connectivity index (χ3v) is 9.56. The molecule has 0 aromatic carbocycles. The van der Waals surface area contributed by atoms with Crippen molar-refractivity contribution in [2.45, 2.75) is 130 Å². The number of unbranched alkanes of at least 4 members (excludes halogenated alkanes) is 8. The van der Waals surface area contributed by atoms with E-state index in [-0.39, 0.29) is 9.52 Å². The summed E-state index contributed by atoms with van der Waals surface area (Å²) in [5, 5.41) is 1.23. The second-order valence-electron chi connectivity index (χ2n) is 11.0. The number of hydrogen-bond acceptors (Lipinski definition) is 3. The third-order valence-electron chi connectivity index (χ3n) is 7.43. The molecule has 2 atom stereocenters. The average molecular weight is 496 g/mol. The van der Waals surface area contributed by atoms with E-state index in [4.69, 9.17) is 9.97 Å². The summed E-state index contributed by atoms with van der Waals surface area (Å²) in [5.41, 5.74) is 3.23. The quantitative estimate of drug-likeness (QED) is 0.138. The van der Waals surface area contributed by atoms with Crippen LogP contribution in [0.25, 0.3) is 11.4 Å². The van der Waals surface area contributed by atoms with Gasteiger partial charge < -0.3 is 0 Å². The van der Waals surface area contributed by atoms with Gasteiger partial charge in [0.05, 0.1) is 21.4 Å². The van der Waals surface area contributed by atoms with Crippen molar-refractivity contribution in [1.82, 2.24) is 15.0 Å². The second-order valence-corrected chi connectivity index (χ2v) is 12.8. The fourth-order valence-electron chi connectivity index (χ4n) is 4.89. The van der Waals surface area contributed by atoms with Crippen LogP contribution in [0.15, 0.2) is 30.7 Å². The molecule has 0 fully saturated rings. The number of aromatic nitrogens is 3. The molecule has 4 heteroatoms. The van der Waals surface area contributed by atoms with Gasteiger partial charge in [-0.3, -0.25) is 15.0 Å². The first-order chi connectivity index (χ1) is 17.1. The van der Waals surface area contributed by atoms with Gasteiger partial charge in [0.25, 0.3) is 0 Å². The summed E-state index contributed by atoms with van der Waals surface area (Å²) in [4.78, 5) is 14.1. The summed E-state index contributed by atoms with van der Waals surface area (Å²) >= 11 is 0. The SMILES string of the molecule is CCCCCCCc1ccc(-c2cncc([SiH2]CC(C)CCCCCC(C)CCCCC)n2)nc1. The van der Waals surface area contributed by atoms with E-state index in [0.717, 1.165) is 29.6 Å². The van der Waals surface area contributed by atoms with Gasteiger partial charge in [-0.1, -0.05) is 123 Å². The summed E-state index contributed by atoms with van der Waals surface area (Å²) in [5.74, 6) is 1.72. The van der Waals surface area contributed by atoms with Crippen LogP contribution in [-0.4, -0.2) is 24.5 Å². The minimum Gasteiger partial charge on any atom is -0.261 e. The van der Waals surface area contributed by atoms with Gasteiger partial charge in [0.2, 0.25) is 0 Å². The topological polar surface area (TPSA) is 38.7 Å². The first kappa shape index (κ1) is 29.7. The van der Waals surface area contributed by atoms with Crippen molar-refractivity contribution in [2.24, 2.45) is 11.8 Å². The lowest BCUT2D eigenvalue weighted by atomic mass is 9.96. The Morgan fingerprint density at radius 2 is 1.34 bits per heavy atom. The summed E-state index contributed by atoms with van der Waals surface area (Å²) < 4.78 is 0. The van der Waals surface area contributed by atoms with Gasteiger partial charge in [-0.25, -0.2) is 0 Å².